The Labute approximate surface area is 115 Å². The number of rotatable bonds is 2. The van der Waals surface area contributed by atoms with Crippen LogP contribution < -0.4 is 10.1 Å². The standard InChI is InChI=1S/C14H14FNO4/c1-19-14(18)12-9(6-16-13(12)17)8-4-7-2-3-20-11(7)5-10(8)15/h4-5,9,12H,2-3,6H2,1H3,(H,16,17)/t9-,12-/m0/s1. The number of benzene rings is 1. The highest BCUT2D eigenvalue weighted by molar-refractivity contribution is 6.00. The molecule has 1 amide bonds. The summed E-state index contributed by atoms with van der Waals surface area (Å²) in [4.78, 5) is 23.5. The van der Waals surface area contributed by atoms with Gasteiger partial charge in [0.1, 0.15) is 17.5 Å². The van der Waals surface area contributed by atoms with E-state index in [2.05, 4.69) is 10.1 Å². The zero-order valence-electron chi connectivity index (χ0n) is 10.9. The Hall–Kier alpha value is -2.11. The monoisotopic (exact) mass is 279 g/mol. The van der Waals surface area contributed by atoms with Gasteiger partial charge in [-0.15, -0.1) is 0 Å². The maximum Gasteiger partial charge on any atom is 0.318 e. The van der Waals surface area contributed by atoms with Gasteiger partial charge in [0.15, 0.2) is 0 Å². The lowest BCUT2D eigenvalue weighted by molar-refractivity contribution is -0.149. The maximum atomic E-state index is 14.2. The highest BCUT2D eigenvalue weighted by atomic mass is 19.1. The van der Waals surface area contributed by atoms with Crippen LogP contribution >= 0.6 is 0 Å². The van der Waals surface area contributed by atoms with E-state index in [4.69, 9.17) is 4.74 Å². The summed E-state index contributed by atoms with van der Waals surface area (Å²) in [5, 5.41) is 2.59. The minimum atomic E-state index is -0.991. The van der Waals surface area contributed by atoms with Crippen molar-refractivity contribution in [3.63, 3.8) is 0 Å². The fraction of sp³-hybridized carbons (Fsp3) is 0.429. The van der Waals surface area contributed by atoms with Gasteiger partial charge >= 0.3 is 5.97 Å². The van der Waals surface area contributed by atoms with E-state index in [-0.39, 0.29) is 6.54 Å². The fourth-order valence-electron chi connectivity index (χ4n) is 2.81. The highest BCUT2D eigenvalue weighted by Crippen LogP contribution is 2.36. The van der Waals surface area contributed by atoms with Gasteiger partial charge in [-0.2, -0.15) is 0 Å². The molecule has 1 fully saturated rings. The summed E-state index contributed by atoms with van der Waals surface area (Å²) in [6, 6.07) is 3.02. The smallest absolute Gasteiger partial charge is 0.318 e. The van der Waals surface area contributed by atoms with Crippen molar-refractivity contribution >= 4 is 11.9 Å². The van der Waals surface area contributed by atoms with Crippen LogP contribution in [0.4, 0.5) is 4.39 Å². The Morgan fingerprint density at radius 3 is 3.05 bits per heavy atom. The van der Waals surface area contributed by atoms with Gasteiger partial charge in [0.25, 0.3) is 0 Å². The number of fused-ring (bicyclic) bond motifs is 1. The lowest BCUT2D eigenvalue weighted by atomic mass is 9.87. The molecule has 1 aromatic carbocycles. The van der Waals surface area contributed by atoms with E-state index < -0.39 is 29.5 Å². The second kappa shape index (κ2) is 4.77. The number of carbonyl (C=O) groups excluding carboxylic acids is 2. The molecule has 2 aliphatic rings. The Balaban J connectivity index is 2.00. The largest absolute Gasteiger partial charge is 0.493 e. The topological polar surface area (TPSA) is 64.6 Å². The molecule has 0 unspecified atom stereocenters. The van der Waals surface area contributed by atoms with Crippen LogP contribution in [0.5, 0.6) is 5.75 Å². The molecule has 1 saturated heterocycles. The molecule has 2 aliphatic heterocycles. The molecule has 0 radical (unpaired) electrons. The van der Waals surface area contributed by atoms with Crippen LogP contribution in [0.1, 0.15) is 17.0 Å². The van der Waals surface area contributed by atoms with E-state index in [1.54, 1.807) is 6.07 Å². The lowest BCUT2D eigenvalue weighted by Crippen LogP contribution is -2.28. The first-order valence-electron chi connectivity index (χ1n) is 6.42. The predicted octanol–water partition coefficient (Wildman–Crippen LogP) is 0.763. The third kappa shape index (κ3) is 1.92. The van der Waals surface area contributed by atoms with E-state index in [1.165, 1.54) is 13.2 Å². The first kappa shape index (κ1) is 12.9. The summed E-state index contributed by atoms with van der Waals surface area (Å²) in [6.07, 6.45) is 0.708. The van der Waals surface area contributed by atoms with Crippen LogP contribution in [0.2, 0.25) is 0 Å². The average molecular weight is 279 g/mol. The van der Waals surface area contributed by atoms with Gasteiger partial charge < -0.3 is 14.8 Å². The van der Waals surface area contributed by atoms with Crippen molar-refractivity contribution in [3.05, 3.63) is 29.1 Å². The predicted molar refractivity (Wildman–Crippen MR) is 66.9 cm³/mol. The molecule has 0 spiro atoms. The zero-order valence-corrected chi connectivity index (χ0v) is 10.9. The van der Waals surface area contributed by atoms with Gasteiger partial charge in [-0.1, -0.05) is 0 Å². The number of esters is 1. The van der Waals surface area contributed by atoms with Crippen molar-refractivity contribution in [2.45, 2.75) is 12.3 Å². The Bertz CT molecular complexity index is 587. The van der Waals surface area contributed by atoms with Crippen LogP contribution in [0, 0.1) is 11.7 Å². The number of nitrogens with one attached hydrogen (secondary N) is 1. The van der Waals surface area contributed by atoms with Gasteiger partial charge in [0, 0.05) is 24.9 Å². The summed E-state index contributed by atoms with van der Waals surface area (Å²) in [5.41, 5.74) is 1.27. The molecule has 1 N–H and O–H groups in total. The van der Waals surface area contributed by atoms with Crippen molar-refractivity contribution < 1.29 is 23.5 Å². The molecule has 5 nitrogen and oxygen atoms in total. The van der Waals surface area contributed by atoms with Crippen LogP contribution in [-0.2, 0) is 20.7 Å². The molecule has 2 atom stereocenters. The maximum absolute atomic E-state index is 14.2. The summed E-state index contributed by atoms with van der Waals surface area (Å²) < 4.78 is 24.1. The van der Waals surface area contributed by atoms with Crippen molar-refractivity contribution in [1.29, 1.82) is 0 Å². The third-order valence-corrected chi connectivity index (χ3v) is 3.84. The van der Waals surface area contributed by atoms with E-state index in [1.807, 2.05) is 0 Å². The van der Waals surface area contributed by atoms with Gasteiger partial charge in [0.2, 0.25) is 5.91 Å². The zero-order chi connectivity index (χ0) is 14.3. The van der Waals surface area contributed by atoms with Crippen molar-refractivity contribution in [2.75, 3.05) is 20.3 Å². The van der Waals surface area contributed by atoms with Crippen LogP contribution in [0.15, 0.2) is 12.1 Å². The summed E-state index contributed by atoms with van der Waals surface area (Å²) in [5.74, 6) is -2.51. The lowest BCUT2D eigenvalue weighted by Gasteiger charge is -2.16. The van der Waals surface area contributed by atoms with Gasteiger partial charge in [-0.3, -0.25) is 9.59 Å². The fourth-order valence-corrected chi connectivity index (χ4v) is 2.81. The Morgan fingerprint density at radius 2 is 2.30 bits per heavy atom. The third-order valence-electron chi connectivity index (χ3n) is 3.84. The van der Waals surface area contributed by atoms with Gasteiger partial charge in [0.05, 0.1) is 13.7 Å². The van der Waals surface area contributed by atoms with E-state index >= 15 is 0 Å². The van der Waals surface area contributed by atoms with Gasteiger partial charge in [-0.25, -0.2) is 4.39 Å². The summed E-state index contributed by atoms with van der Waals surface area (Å²) in [6.45, 7) is 0.760. The number of methoxy groups -OCH3 is 1. The van der Waals surface area contributed by atoms with Crippen molar-refractivity contribution in [1.82, 2.24) is 5.32 Å². The first-order valence-corrected chi connectivity index (χ1v) is 6.42. The quantitative estimate of drug-likeness (QED) is 0.641. The molecule has 3 rings (SSSR count). The number of amides is 1. The summed E-state index contributed by atoms with van der Waals surface area (Å²) >= 11 is 0. The van der Waals surface area contributed by atoms with Crippen molar-refractivity contribution in [2.24, 2.45) is 5.92 Å². The van der Waals surface area contributed by atoms with E-state index in [0.717, 1.165) is 5.56 Å². The molecule has 2 heterocycles. The second-order valence-electron chi connectivity index (χ2n) is 4.93. The Morgan fingerprint density at radius 1 is 1.50 bits per heavy atom. The number of hydrogen-bond acceptors (Lipinski definition) is 4. The van der Waals surface area contributed by atoms with Crippen LogP contribution in [0.25, 0.3) is 0 Å². The first-order chi connectivity index (χ1) is 9.61. The Kier molecular flexibility index (Phi) is 3.08. The molecule has 6 heteroatoms. The molecule has 0 aromatic heterocycles. The molecule has 0 aliphatic carbocycles. The number of hydrogen-bond donors (Lipinski definition) is 1. The van der Waals surface area contributed by atoms with Crippen LogP contribution in [0.3, 0.4) is 0 Å². The van der Waals surface area contributed by atoms with Crippen LogP contribution in [-0.4, -0.2) is 32.1 Å². The summed E-state index contributed by atoms with van der Waals surface area (Å²) in [7, 11) is 1.22. The molecule has 0 saturated carbocycles. The number of halogens is 1. The van der Waals surface area contributed by atoms with Crippen molar-refractivity contribution in [3.8, 4) is 5.75 Å². The molecule has 1 aromatic rings. The van der Waals surface area contributed by atoms with Gasteiger partial charge in [-0.05, 0) is 17.2 Å². The van der Waals surface area contributed by atoms with E-state index in [9.17, 15) is 14.0 Å². The average Bonchev–Trinajstić information content (AvgIpc) is 3.02. The number of ether oxygens (including phenoxy) is 2. The molecule has 20 heavy (non-hydrogen) atoms. The number of carbonyl (C=O) groups is 2. The normalized spacial score (nSPS) is 24.0. The molecule has 0 bridgehead atoms. The molecule has 106 valence electrons. The SMILES string of the molecule is COC(=O)[C@@H]1C(=O)NC[C@H]1c1cc2c(cc1F)OCC2. The molecular formula is C14H14FNO4. The second-order valence-corrected chi connectivity index (χ2v) is 4.93. The highest BCUT2D eigenvalue weighted by Gasteiger charge is 2.43. The minimum absolute atomic E-state index is 0.231. The molecular weight excluding hydrogens is 265 g/mol. The van der Waals surface area contributed by atoms with E-state index in [0.29, 0.717) is 24.3 Å². The minimum Gasteiger partial charge on any atom is -0.493 e.